The van der Waals surface area contributed by atoms with Crippen LogP contribution >= 0.6 is 0 Å². The average molecular weight is 353 g/mol. The first-order chi connectivity index (χ1) is 12.7. The van der Waals surface area contributed by atoms with Gasteiger partial charge in [-0.1, -0.05) is 36.4 Å². The highest BCUT2D eigenvalue weighted by Crippen LogP contribution is 2.32. The lowest BCUT2D eigenvalue weighted by Crippen LogP contribution is -2.25. The number of ether oxygens (including phenoxy) is 3. The molecule has 0 unspecified atom stereocenters. The Labute approximate surface area is 151 Å². The third-order valence-electron chi connectivity index (χ3n) is 3.80. The van der Waals surface area contributed by atoms with Crippen molar-refractivity contribution in [3.8, 4) is 11.5 Å². The summed E-state index contributed by atoms with van der Waals surface area (Å²) < 4.78 is 15.8. The Kier molecular flexibility index (Phi) is 5.88. The van der Waals surface area contributed by atoms with Crippen molar-refractivity contribution in [2.24, 2.45) is 0 Å². The smallest absolute Gasteiger partial charge is 0.325 e. The fourth-order valence-corrected chi connectivity index (χ4v) is 2.51. The molecular formula is C20H19NO5. The van der Waals surface area contributed by atoms with Crippen LogP contribution in [0.5, 0.6) is 11.5 Å². The van der Waals surface area contributed by atoms with Crippen LogP contribution in [0.15, 0.2) is 60.3 Å². The van der Waals surface area contributed by atoms with E-state index >= 15 is 0 Å². The minimum absolute atomic E-state index is 0.0168. The second-order valence-electron chi connectivity index (χ2n) is 5.69. The Morgan fingerprint density at radius 3 is 2.69 bits per heavy atom. The molecule has 1 aliphatic rings. The Hall–Kier alpha value is -3.28. The van der Waals surface area contributed by atoms with Gasteiger partial charge in [0.15, 0.2) is 11.5 Å². The number of rotatable bonds is 8. The fraction of sp³-hybridized carbons (Fsp3) is 0.200. The summed E-state index contributed by atoms with van der Waals surface area (Å²) in [4.78, 5) is 22.8. The van der Waals surface area contributed by atoms with Gasteiger partial charge in [-0.05, 0) is 29.3 Å². The van der Waals surface area contributed by atoms with Crippen LogP contribution in [-0.2, 0) is 27.4 Å². The standard InChI is InChI=1S/C20H19NO5/c22-9-8-17(10-16-6-7-18-19(11-16)26-14-25-18)21-12-20(23)24-13-15-4-2-1-3-5-15/h1-9,11,21H,10,12-14H2. The van der Waals surface area contributed by atoms with Gasteiger partial charge in [0, 0.05) is 12.1 Å². The average Bonchev–Trinajstić information content (AvgIpc) is 3.13. The van der Waals surface area contributed by atoms with Gasteiger partial charge in [0.05, 0.1) is 0 Å². The molecule has 0 amide bonds. The fourth-order valence-electron chi connectivity index (χ4n) is 2.51. The predicted octanol–water partition coefficient (Wildman–Crippen LogP) is 2.37. The summed E-state index contributed by atoms with van der Waals surface area (Å²) in [6.07, 6.45) is 2.54. The van der Waals surface area contributed by atoms with E-state index in [1.54, 1.807) is 0 Å². The van der Waals surface area contributed by atoms with Gasteiger partial charge in [0.2, 0.25) is 6.79 Å². The maximum atomic E-state index is 11.9. The Morgan fingerprint density at radius 1 is 1.08 bits per heavy atom. The monoisotopic (exact) mass is 353 g/mol. The SMILES string of the molecule is O=CC=C(Cc1ccc2c(c1)OCO2)NCC(=O)OCc1ccccc1. The molecule has 0 aromatic heterocycles. The summed E-state index contributed by atoms with van der Waals surface area (Å²) in [7, 11) is 0. The highest BCUT2D eigenvalue weighted by atomic mass is 16.7. The van der Waals surface area contributed by atoms with Crippen LogP contribution in [0.1, 0.15) is 11.1 Å². The van der Waals surface area contributed by atoms with Gasteiger partial charge in [-0.3, -0.25) is 9.59 Å². The van der Waals surface area contributed by atoms with Crippen molar-refractivity contribution < 1.29 is 23.8 Å². The molecule has 3 rings (SSSR count). The van der Waals surface area contributed by atoms with Gasteiger partial charge >= 0.3 is 5.97 Å². The van der Waals surface area contributed by atoms with Crippen molar-refractivity contribution >= 4 is 12.3 Å². The highest BCUT2D eigenvalue weighted by Gasteiger charge is 2.14. The maximum absolute atomic E-state index is 11.9. The lowest BCUT2D eigenvalue weighted by molar-refractivity contribution is -0.143. The molecular weight excluding hydrogens is 334 g/mol. The number of esters is 1. The summed E-state index contributed by atoms with van der Waals surface area (Å²) in [6.45, 7) is 0.411. The van der Waals surface area contributed by atoms with E-state index in [-0.39, 0.29) is 19.9 Å². The number of aldehydes is 1. The molecule has 0 radical (unpaired) electrons. The summed E-state index contributed by atoms with van der Waals surface area (Å²) in [5.74, 6) is 0.985. The molecule has 1 aliphatic heterocycles. The summed E-state index contributed by atoms with van der Waals surface area (Å²) in [5, 5.41) is 2.96. The zero-order valence-electron chi connectivity index (χ0n) is 14.1. The lowest BCUT2D eigenvalue weighted by Gasteiger charge is -2.11. The van der Waals surface area contributed by atoms with E-state index in [0.29, 0.717) is 29.9 Å². The van der Waals surface area contributed by atoms with Gasteiger partial charge in [-0.15, -0.1) is 0 Å². The predicted molar refractivity (Wildman–Crippen MR) is 94.7 cm³/mol. The maximum Gasteiger partial charge on any atom is 0.325 e. The van der Waals surface area contributed by atoms with E-state index in [9.17, 15) is 9.59 Å². The second kappa shape index (κ2) is 8.71. The van der Waals surface area contributed by atoms with Crippen LogP contribution in [0, 0.1) is 0 Å². The number of allylic oxidation sites excluding steroid dienone is 2. The molecule has 1 N–H and O–H groups in total. The first kappa shape index (κ1) is 17.5. The third kappa shape index (κ3) is 4.86. The number of nitrogens with one attached hydrogen (secondary N) is 1. The van der Waals surface area contributed by atoms with Crippen molar-refractivity contribution in [2.75, 3.05) is 13.3 Å². The second-order valence-corrected chi connectivity index (χ2v) is 5.69. The molecule has 0 saturated heterocycles. The minimum atomic E-state index is -0.392. The molecule has 0 atom stereocenters. The van der Waals surface area contributed by atoms with E-state index in [1.165, 1.54) is 6.08 Å². The van der Waals surface area contributed by atoms with Crippen molar-refractivity contribution in [3.63, 3.8) is 0 Å². The minimum Gasteiger partial charge on any atom is -0.460 e. The van der Waals surface area contributed by atoms with Gasteiger partial charge in [-0.25, -0.2) is 0 Å². The third-order valence-corrected chi connectivity index (χ3v) is 3.80. The van der Waals surface area contributed by atoms with Crippen LogP contribution in [0.25, 0.3) is 0 Å². The van der Waals surface area contributed by atoms with Crippen LogP contribution < -0.4 is 14.8 Å². The van der Waals surface area contributed by atoms with Crippen LogP contribution in [0.3, 0.4) is 0 Å². The van der Waals surface area contributed by atoms with Gasteiger partial charge in [0.1, 0.15) is 19.4 Å². The molecule has 134 valence electrons. The molecule has 0 spiro atoms. The molecule has 0 bridgehead atoms. The van der Waals surface area contributed by atoms with E-state index in [4.69, 9.17) is 14.2 Å². The van der Waals surface area contributed by atoms with Crippen molar-refractivity contribution in [3.05, 3.63) is 71.4 Å². The summed E-state index contributed by atoms with van der Waals surface area (Å²) in [6, 6.07) is 15.0. The van der Waals surface area contributed by atoms with Gasteiger partial charge in [0.25, 0.3) is 0 Å². The van der Waals surface area contributed by atoms with Crippen molar-refractivity contribution in [1.82, 2.24) is 5.32 Å². The lowest BCUT2D eigenvalue weighted by atomic mass is 10.1. The molecule has 1 heterocycles. The van der Waals surface area contributed by atoms with E-state index in [1.807, 2.05) is 48.5 Å². The molecule has 26 heavy (non-hydrogen) atoms. The number of benzene rings is 2. The normalized spacial score (nSPS) is 12.5. The number of carbonyl (C=O) groups is 2. The first-order valence-corrected chi connectivity index (χ1v) is 8.21. The summed E-state index contributed by atoms with van der Waals surface area (Å²) >= 11 is 0. The summed E-state index contributed by atoms with van der Waals surface area (Å²) in [5.41, 5.74) is 2.48. The van der Waals surface area contributed by atoms with Crippen LogP contribution in [0.2, 0.25) is 0 Å². The van der Waals surface area contributed by atoms with E-state index in [0.717, 1.165) is 11.1 Å². The first-order valence-electron chi connectivity index (χ1n) is 8.21. The van der Waals surface area contributed by atoms with Gasteiger partial charge in [-0.2, -0.15) is 0 Å². The Balaban J connectivity index is 1.51. The van der Waals surface area contributed by atoms with Gasteiger partial charge < -0.3 is 19.5 Å². The number of carbonyl (C=O) groups excluding carboxylic acids is 2. The molecule has 0 saturated carbocycles. The number of hydrogen-bond donors (Lipinski definition) is 1. The van der Waals surface area contributed by atoms with E-state index < -0.39 is 5.97 Å². The molecule has 0 aliphatic carbocycles. The Bertz CT molecular complexity index is 801. The molecule has 6 heteroatoms. The topological polar surface area (TPSA) is 73.9 Å². The number of hydrogen-bond acceptors (Lipinski definition) is 6. The van der Waals surface area contributed by atoms with Crippen molar-refractivity contribution in [2.45, 2.75) is 13.0 Å². The van der Waals surface area contributed by atoms with Crippen LogP contribution in [-0.4, -0.2) is 25.6 Å². The Morgan fingerprint density at radius 2 is 1.88 bits per heavy atom. The zero-order chi connectivity index (χ0) is 18.2. The quantitative estimate of drug-likeness (QED) is 0.446. The molecule has 0 fully saturated rings. The zero-order valence-corrected chi connectivity index (χ0v) is 14.1. The van der Waals surface area contributed by atoms with Crippen LogP contribution in [0.4, 0.5) is 0 Å². The molecule has 2 aromatic rings. The largest absolute Gasteiger partial charge is 0.460 e. The van der Waals surface area contributed by atoms with E-state index in [2.05, 4.69) is 5.32 Å². The molecule has 2 aromatic carbocycles. The molecule has 6 nitrogen and oxygen atoms in total. The number of fused-ring (bicyclic) bond motifs is 1. The highest BCUT2D eigenvalue weighted by molar-refractivity contribution is 5.72. The van der Waals surface area contributed by atoms with Crippen molar-refractivity contribution in [1.29, 1.82) is 0 Å².